The lowest BCUT2D eigenvalue weighted by Gasteiger charge is -2.16. The van der Waals surface area contributed by atoms with Gasteiger partial charge in [-0.2, -0.15) is 0 Å². The molecule has 1 atom stereocenters. The lowest BCUT2D eigenvalue weighted by atomic mass is 9.98. The summed E-state index contributed by atoms with van der Waals surface area (Å²) in [6.45, 7) is 2.68. The van der Waals surface area contributed by atoms with Gasteiger partial charge in [0.2, 0.25) is 0 Å². The first-order chi connectivity index (χ1) is 9.67. The van der Waals surface area contributed by atoms with E-state index in [1.54, 1.807) is 6.26 Å². The molecular formula is C15H17BrN2O2. The van der Waals surface area contributed by atoms with Gasteiger partial charge in [-0.15, -0.1) is 0 Å². The Labute approximate surface area is 126 Å². The molecule has 0 aliphatic carbocycles. The number of halogens is 1. The van der Waals surface area contributed by atoms with Crippen molar-refractivity contribution >= 4 is 15.9 Å². The standard InChI is InChI=1S/C15H17BrN2O2/c1-9-4-12(8-20-9)14(18-17)7-11-6-13(16)5-10-2-3-19-15(10)11/h4-6,8,14,18H,2-3,7,17H2,1H3. The van der Waals surface area contributed by atoms with E-state index in [-0.39, 0.29) is 6.04 Å². The fraction of sp³-hybridized carbons (Fsp3) is 0.333. The monoisotopic (exact) mass is 336 g/mol. The van der Waals surface area contributed by atoms with Crippen LogP contribution >= 0.6 is 15.9 Å². The van der Waals surface area contributed by atoms with Gasteiger partial charge < -0.3 is 9.15 Å². The number of hydrogen-bond donors (Lipinski definition) is 2. The zero-order valence-corrected chi connectivity index (χ0v) is 12.9. The van der Waals surface area contributed by atoms with Crippen molar-refractivity contribution in [3.63, 3.8) is 0 Å². The Hall–Kier alpha value is -1.30. The van der Waals surface area contributed by atoms with E-state index in [0.29, 0.717) is 0 Å². The van der Waals surface area contributed by atoms with Crippen molar-refractivity contribution in [3.8, 4) is 5.75 Å². The highest BCUT2D eigenvalue weighted by atomic mass is 79.9. The SMILES string of the molecule is Cc1cc(C(Cc2cc(Br)cc3c2OCC3)NN)co1. The number of hydrogen-bond acceptors (Lipinski definition) is 4. The summed E-state index contributed by atoms with van der Waals surface area (Å²) in [6.07, 6.45) is 3.48. The van der Waals surface area contributed by atoms with Crippen LogP contribution < -0.4 is 16.0 Å². The first-order valence-corrected chi connectivity index (χ1v) is 7.42. The number of ether oxygens (including phenoxy) is 1. The number of rotatable bonds is 4. The molecule has 5 heteroatoms. The van der Waals surface area contributed by atoms with Gasteiger partial charge in [0.1, 0.15) is 11.5 Å². The van der Waals surface area contributed by atoms with E-state index in [1.807, 2.05) is 13.0 Å². The molecule has 2 heterocycles. The summed E-state index contributed by atoms with van der Waals surface area (Å²) < 4.78 is 12.2. The lowest BCUT2D eigenvalue weighted by Crippen LogP contribution is -2.29. The van der Waals surface area contributed by atoms with Crippen LogP contribution in [0, 0.1) is 6.92 Å². The van der Waals surface area contributed by atoms with Crippen molar-refractivity contribution in [2.75, 3.05) is 6.61 Å². The van der Waals surface area contributed by atoms with Crippen LogP contribution in [0.3, 0.4) is 0 Å². The number of nitrogens with one attached hydrogen (secondary N) is 1. The van der Waals surface area contributed by atoms with Crippen LogP contribution in [0.4, 0.5) is 0 Å². The third kappa shape index (κ3) is 2.61. The average Bonchev–Trinajstić information content (AvgIpc) is 3.04. The quantitative estimate of drug-likeness (QED) is 0.665. The molecule has 0 fully saturated rings. The summed E-state index contributed by atoms with van der Waals surface area (Å²) in [5, 5.41) is 0. The maximum Gasteiger partial charge on any atom is 0.125 e. The Morgan fingerprint density at radius 3 is 2.95 bits per heavy atom. The van der Waals surface area contributed by atoms with E-state index in [2.05, 4.69) is 33.5 Å². The highest BCUT2D eigenvalue weighted by molar-refractivity contribution is 9.10. The summed E-state index contributed by atoms with van der Waals surface area (Å²) in [5.41, 5.74) is 6.33. The second-order valence-electron chi connectivity index (χ2n) is 5.07. The summed E-state index contributed by atoms with van der Waals surface area (Å²) in [4.78, 5) is 0. The molecule has 0 saturated heterocycles. The van der Waals surface area contributed by atoms with Gasteiger partial charge in [0.05, 0.1) is 18.9 Å². The van der Waals surface area contributed by atoms with Crippen molar-refractivity contribution in [3.05, 3.63) is 51.4 Å². The van der Waals surface area contributed by atoms with Crippen molar-refractivity contribution in [2.24, 2.45) is 5.84 Å². The van der Waals surface area contributed by atoms with Gasteiger partial charge in [-0.05, 0) is 42.7 Å². The maximum atomic E-state index is 5.76. The van der Waals surface area contributed by atoms with Gasteiger partial charge in [-0.1, -0.05) is 15.9 Å². The minimum atomic E-state index is 0.00931. The molecule has 1 aromatic heterocycles. The number of benzene rings is 1. The lowest BCUT2D eigenvalue weighted by molar-refractivity contribution is 0.351. The predicted molar refractivity (Wildman–Crippen MR) is 80.6 cm³/mol. The second kappa shape index (κ2) is 5.60. The molecule has 20 heavy (non-hydrogen) atoms. The third-order valence-electron chi connectivity index (χ3n) is 3.60. The Bertz CT molecular complexity index is 624. The number of aryl methyl sites for hydroxylation is 1. The van der Waals surface area contributed by atoms with E-state index >= 15 is 0 Å². The minimum absolute atomic E-state index is 0.00931. The molecule has 3 rings (SSSR count). The first kappa shape index (κ1) is 13.7. The van der Waals surface area contributed by atoms with Gasteiger partial charge in [-0.3, -0.25) is 11.3 Å². The molecule has 0 saturated carbocycles. The molecule has 0 spiro atoms. The molecule has 0 radical (unpaired) electrons. The molecular weight excluding hydrogens is 320 g/mol. The van der Waals surface area contributed by atoms with E-state index in [1.165, 1.54) is 5.56 Å². The Morgan fingerprint density at radius 1 is 1.40 bits per heavy atom. The number of fused-ring (bicyclic) bond motifs is 1. The largest absolute Gasteiger partial charge is 0.493 e. The van der Waals surface area contributed by atoms with Gasteiger partial charge in [0.15, 0.2) is 0 Å². The number of nitrogens with two attached hydrogens (primary N) is 1. The van der Waals surface area contributed by atoms with E-state index in [4.69, 9.17) is 15.0 Å². The Kier molecular flexibility index (Phi) is 3.83. The Morgan fingerprint density at radius 2 is 2.25 bits per heavy atom. The number of furan rings is 1. The molecule has 106 valence electrons. The summed E-state index contributed by atoms with van der Waals surface area (Å²) in [6, 6.07) is 6.24. The molecule has 1 aliphatic rings. The molecule has 4 nitrogen and oxygen atoms in total. The zero-order chi connectivity index (χ0) is 14.1. The van der Waals surface area contributed by atoms with Crippen LogP contribution in [0.2, 0.25) is 0 Å². The second-order valence-corrected chi connectivity index (χ2v) is 5.98. The molecule has 1 aromatic carbocycles. The van der Waals surface area contributed by atoms with E-state index in [0.717, 1.165) is 46.6 Å². The van der Waals surface area contributed by atoms with E-state index in [9.17, 15) is 0 Å². The molecule has 2 aromatic rings. The number of hydrazine groups is 1. The topological polar surface area (TPSA) is 60.4 Å². The summed E-state index contributed by atoms with van der Waals surface area (Å²) in [5.74, 6) is 7.59. The summed E-state index contributed by atoms with van der Waals surface area (Å²) >= 11 is 3.56. The van der Waals surface area contributed by atoms with Crippen LogP contribution in [0.15, 0.2) is 33.4 Å². The summed E-state index contributed by atoms with van der Waals surface area (Å²) in [7, 11) is 0. The average molecular weight is 337 g/mol. The van der Waals surface area contributed by atoms with Crippen molar-refractivity contribution < 1.29 is 9.15 Å². The fourth-order valence-corrected chi connectivity index (χ4v) is 3.19. The normalized spacial score (nSPS) is 14.9. The van der Waals surface area contributed by atoms with Crippen LogP contribution in [0.1, 0.15) is 28.5 Å². The minimum Gasteiger partial charge on any atom is -0.493 e. The maximum absolute atomic E-state index is 5.76. The van der Waals surface area contributed by atoms with Crippen molar-refractivity contribution in [2.45, 2.75) is 25.8 Å². The van der Waals surface area contributed by atoms with Crippen LogP contribution in [0.25, 0.3) is 0 Å². The van der Waals surface area contributed by atoms with Gasteiger partial charge in [0, 0.05) is 16.5 Å². The van der Waals surface area contributed by atoms with Crippen molar-refractivity contribution in [1.82, 2.24) is 5.43 Å². The van der Waals surface area contributed by atoms with Crippen molar-refractivity contribution in [1.29, 1.82) is 0 Å². The highest BCUT2D eigenvalue weighted by Crippen LogP contribution is 2.35. The molecule has 1 aliphatic heterocycles. The zero-order valence-electron chi connectivity index (χ0n) is 11.3. The van der Waals surface area contributed by atoms with Gasteiger partial charge in [-0.25, -0.2) is 0 Å². The molecule has 3 N–H and O–H groups in total. The van der Waals surface area contributed by atoms with Crippen LogP contribution in [-0.4, -0.2) is 6.61 Å². The Balaban J connectivity index is 1.90. The molecule has 1 unspecified atom stereocenters. The van der Waals surface area contributed by atoms with Crippen LogP contribution in [-0.2, 0) is 12.8 Å². The third-order valence-corrected chi connectivity index (χ3v) is 4.06. The smallest absolute Gasteiger partial charge is 0.125 e. The van der Waals surface area contributed by atoms with E-state index < -0.39 is 0 Å². The fourth-order valence-electron chi connectivity index (χ4n) is 2.64. The predicted octanol–water partition coefficient (Wildman–Crippen LogP) is 3.03. The van der Waals surface area contributed by atoms with Crippen LogP contribution in [0.5, 0.6) is 5.75 Å². The van der Waals surface area contributed by atoms with Gasteiger partial charge >= 0.3 is 0 Å². The highest BCUT2D eigenvalue weighted by Gasteiger charge is 2.21. The first-order valence-electron chi connectivity index (χ1n) is 6.62. The molecule has 0 bridgehead atoms. The molecule has 0 amide bonds. The van der Waals surface area contributed by atoms with Gasteiger partial charge in [0.25, 0.3) is 0 Å².